The highest BCUT2D eigenvalue weighted by Gasteiger charge is 2.25. The van der Waals surface area contributed by atoms with Gasteiger partial charge in [-0.2, -0.15) is 0 Å². The first-order valence-electron chi connectivity index (χ1n) is 4.56. The van der Waals surface area contributed by atoms with Crippen molar-refractivity contribution < 1.29 is 8.42 Å². The standard InChI is InChI=1S/C10H13NO2S/c1-8-3-4-10-9(7-8)5-6-11(10)14(2,12)13/h3-4,7H,5-6H2,1-2H3. The predicted octanol–water partition coefficient (Wildman–Crippen LogP) is 1.32. The van der Waals surface area contributed by atoms with Crippen LogP contribution in [0.4, 0.5) is 5.69 Å². The van der Waals surface area contributed by atoms with Crippen molar-refractivity contribution in [2.24, 2.45) is 0 Å². The molecule has 0 N–H and O–H groups in total. The van der Waals surface area contributed by atoms with E-state index in [-0.39, 0.29) is 0 Å². The second-order valence-corrected chi connectivity index (χ2v) is 5.62. The van der Waals surface area contributed by atoms with Crippen molar-refractivity contribution in [3.8, 4) is 0 Å². The number of rotatable bonds is 1. The van der Waals surface area contributed by atoms with Crippen LogP contribution in [0.3, 0.4) is 0 Å². The molecule has 1 aliphatic heterocycles. The van der Waals surface area contributed by atoms with Gasteiger partial charge in [0.25, 0.3) is 0 Å². The van der Waals surface area contributed by atoms with Gasteiger partial charge in [-0.3, -0.25) is 4.31 Å². The molecule has 3 nitrogen and oxygen atoms in total. The van der Waals surface area contributed by atoms with Crippen molar-refractivity contribution in [3.05, 3.63) is 29.3 Å². The summed E-state index contributed by atoms with van der Waals surface area (Å²) in [7, 11) is -3.10. The molecule has 0 spiro atoms. The van der Waals surface area contributed by atoms with Gasteiger partial charge in [-0.15, -0.1) is 0 Å². The van der Waals surface area contributed by atoms with Gasteiger partial charge >= 0.3 is 0 Å². The van der Waals surface area contributed by atoms with Gasteiger partial charge in [-0.05, 0) is 25.0 Å². The number of aryl methyl sites for hydroxylation is 1. The Bertz CT molecular complexity index is 465. The zero-order valence-electron chi connectivity index (χ0n) is 8.32. The van der Waals surface area contributed by atoms with Crippen LogP contribution in [0, 0.1) is 6.92 Å². The summed E-state index contributed by atoms with van der Waals surface area (Å²) in [6.07, 6.45) is 2.08. The van der Waals surface area contributed by atoms with Crippen LogP contribution in [0.15, 0.2) is 18.2 Å². The van der Waals surface area contributed by atoms with Crippen molar-refractivity contribution in [2.45, 2.75) is 13.3 Å². The summed E-state index contributed by atoms with van der Waals surface area (Å²) in [5, 5.41) is 0. The average Bonchev–Trinajstić information content (AvgIpc) is 2.45. The van der Waals surface area contributed by atoms with Crippen LogP contribution >= 0.6 is 0 Å². The molecule has 0 amide bonds. The smallest absolute Gasteiger partial charge is 0.232 e. The molecule has 0 fully saturated rings. The molecule has 1 aliphatic rings. The van der Waals surface area contributed by atoms with Crippen molar-refractivity contribution in [3.63, 3.8) is 0 Å². The lowest BCUT2D eigenvalue weighted by Crippen LogP contribution is -2.27. The minimum absolute atomic E-state index is 0.581. The summed E-state index contributed by atoms with van der Waals surface area (Å²) in [4.78, 5) is 0. The first kappa shape index (κ1) is 9.52. The Morgan fingerprint density at radius 1 is 1.36 bits per heavy atom. The van der Waals surface area contributed by atoms with E-state index in [4.69, 9.17) is 0 Å². The Labute approximate surface area is 84.4 Å². The molecule has 76 valence electrons. The van der Waals surface area contributed by atoms with Gasteiger partial charge < -0.3 is 0 Å². The molecule has 4 heteroatoms. The summed E-state index contributed by atoms with van der Waals surface area (Å²) in [6, 6.07) is 5.89. The third kappa shape index (κ3) is 1.50. The van der Waals surface area contributed by atoms with E-state index in [1.54, 1.807) is 0 Å². The Morgan fingerprint density at radius 3 is 2.71 bits per heavy atom. The zero-order valence-corrected chi connectivity index (χ0v) is 9.13. The second kappa shape index (κ2) is 2.98. The molecule has 0 aliphatic carbocycles. The number of nitrogens with zero attached hydrogens (tertiary/aromatic N) is 1. The van der Waals surface area contributed by atoms with E-state index in [1.807, 2.05) is 19.1 Å². The van der Waals surface area contributed by atoms with Crippen molar-refractivity contribution in [2.75, 3.05) is 17.1 Å². The highest BCUT2D eigenvalue weighted by atomic mass is 32.2. The quantitative estimate of drug-likeness (QED) is 0.702. The summed E-state index contributed by atoms with van der Waals surface area (Å²) in [5.74, 6) is 0. The molecule has 0 aromatic heterocycles. The Kier molecular flexibility index (Phi) is 2.03. The van der Waals surface area contributed by atoms with Gasteiger partial charge in [-0.1, -0.05) is 17.7 Å². The number of sulfonamides is 1. The number of benzene rings is 1. The lowest BCUT2D eigenvalue weighted by atomic mass is 10.1. The lowest BCUT2D eigenvalue weighted by molar-refractivity contribution is 0.598. The first-order valence-corrected chi connectivity index (χ1v) is 6.40. The Balaban J connectivity index is 2.51. The van der Waals surface area contributed by atoms with Crippen LogP contribution in [-0.2, 0) is 16.4 Å². The summed E-state index contributed by atoms with van der Waals surface area (Å²) in [6.45, 7) is 2.60. The van der Waals surface area contributed by atoms with Crippen LogP contribution in [0.1, 0.15) is 11.1 Å². The van der Waals surface area contributed by atoms with E-state index in [2.05, 4.69) is 6.07 Å². The average molecular weight is 211 g/mol. The number of anilines is 1. The van der Waals surface area contributed by atoms with Gasteiger partial charge in [0, 0.05) is 6.54 Å². The number of hydrogen-bond acceptors (Lipinski definition) is 2. The van der Waals surface area contributed by atoms with E-state index >= 15 is 0 Å². The van der Waals surface area contributed by atoms with E-state index in [1.165, 1.54) is 16.1 Å². The third-order valence-electron chi connectivity index (χ3n) is 2.49. The largest absolute Gasteiger partial charge is 0.270 e. The Hall–Kier alpha value is -1.03. The van der Waals surface area contributed by atoms with Crippen LogP contribution in [-0.4, -0.2) is 21.2 Å². The molecule has 1 aromatic carbocycles. The van der Waals surface area contributed by atoms with E-state index in [0.717, 1.165) is 17.7 Å². The lowest BCUT2D eigenvalue weighted by Gasteiger charge is -2.16. The summed E-state index contributed by atoms with van der Waals surface area (Å²) < 4.78 is 24.3. The van der Waals surface area contributed by atoms with Gasteiger partial charge in [-0.25, -0.2) is 8.42 Å². The van der Waals surface area contributed by atoms with Gasteiger partial charge in [0.2, 0.25) is 10.0 Å². The Morgan fingerprint density at radius 2 is 2.07 bits per heavy atom. The van der Waals surface area contributed by atoms with Gasteiger partial charge in [0.05, 0.1) is 11.9 Å². The van der Waals surface area contributed by atoms with Crippen LogP contribution in [0.25, 0.3) is 0 Å². The van der Waals surface area contributed by atoms with Gasteiger partial charge in [0.1, 0.15) is 0 Å². The minimum Gasteiger partial charge on any atom is -0.270 e. The van der Waals surface area contributed by atoms with E-state index in [0.29, 0.717) is 6.54 Å². The molecule has 0 bridgehead atoms. The first-order chi connectivity index (χ1) is 6.48. The molecular formula is C10H13NO2S. The van der Waals surface area contributed by atoms with E-state index in [9.17, 15) is 8.42 Å². The summed E-state index contributed by atoms with van der Waals surface area (Å²) in [5.41, 5.74) is 3.16. The van der Waals surface area contributed by atoms with E-state index < -0.39 is 10.0 Å². The monoisotopic (exact) mass is 211 g/mol. The van der Waals surface area contributed by atoms with Crippen molar-refractivity contribution >= 4 is 15.7 Å². The number of hydrogen-bond donors (Lipinski definition) is 0. The second-order valence-electron chi connectivity index (χ2n) is 3.72. The highest BCUT2D eigenvalue weighted by Crippen LogP contribution is 2.30. The molecule has 0 saturated carbocycles. The fourth-order valence-electron chi connectivity index (χ4n) is 1.84. The fraction of sp³-hybridized carbons (Fsp3) is 0.400. The molecule has 0 radical (unpaired) electrons. The maximum Gasteiger partial charge on any atom is 0.232 e. The van der Waals surface area contributed by atoms with Crippen LogP contribution in [0.2, 0.25) is 0 Å². The SMILES string of the molecule is Cc1ccc2c(c1)CCN2S(C)(=O)=O. The molecule has 1 heterocycles. The molecule has 2 rings (SSSR count). The normalized spacial score (nSPS) is 15.7. The van der Waals surface area contributed by atoms with Crippen molar-refractivity contribution in [1.82, 2.24) is 0 Å². The molecule has 0 saturated heterocycles. The molecule has 0 unspecified atom stereocenters. The van der Waals surface area contributed by atoms with Crippen LogP contribution < -0.4 is 4.31 Å². The third-order valence-corrected chi connectivity index (χ3v) is 3.67. The molecule has 1 aromatic rings. The topological polar surface area (TPSA) is 37.4 Å². The molecular weight excluding hydrogens is 198 g/mol. The molecule has 0 atom stereocenters. The van der Waals surface area contributed by atoms with Crippen LogP contribution in [0.5, 0.6) is 0 Å². The maximum atomic E-state index is 11.4. The minimum atomic E-state index is -3.10. The van der Waals surface area contributed by atoms with Gasteiger partial charge in [0.15, 0.2) is 0 Å². The maximum absolute atomic E-state index is 11.4. The number of fused-ring (bicyclic) bond motifs is 1. The summed E-state index contributed by atoms with van der Waals surface area (Å²) >= 11 is 0. The predicted molar refractivity (Wildman–Crippen MR) is 57.1 cm³/mol. The fourth-order valence-corrected chi connectivity index (χ4v) is 2.80. The van der Waals surface area contributed by atoms with Crippen molar-refractivity contribution in [1.29, 1.82) is 0 Å². The zero-order chi connectivity index (χ0) is 10.3. The highest BCUT2D eigenvalue weighted by molar-refractivity contribution is 7.92. The molecule has 14 heavy (non-hydrogen) atoms.